The first kappa shape index (κ1) is 29.5. The van der Waals surface area contributed by atoms with E-state index in [1.165, 1.54) is 24.3 Å². The van der Waals surface area contributed by atoms with Crippen LogP contribution in [-0.4, -0.2) is 102 Å². The maximum absolute atomic E-state index is 12.2. The van der Waals surface area contributed by atoms with E-state index >= 15 is 0 Å². The van der Waals surface area contributed by atoms with Gasteiger partial charge in [-0.2, -0.15) is 16.8 Å². The van der Waals surface area contributed by atoms with Crippen LogP contribution in [0.1, 0.15) is 11.1 Å². The summed E-state index contributed by atoms with van der Waals surface area (Å²) < 4.78 is 80.4. The molecule has 0 bridgehead atoms. The van der Waals surface area contributed by atoms with Crippen molar-refractivity contribution in [3.05, 3.63) is 59.7 Å². The molecule has 220 valence electrons. The fourth-order valence-corrected chi connectivity index (χ4v) is 7.04. The summed E-state index contributed by atoms with van der Waals surface area (Å²) >= 11 is 0. The summed E-state index contributed by atoms with van der Waals surface area (Å²) in [5, 5.41) is 19.2. The molecule has 0 saturated carbocycles. The minimum atomic E-state index is -3.86. The van der Waals surface area contributed by atoms with Crippen molar-refractivity contribution in [1.82, 2.24) is 0 Å². The summed E-state index contributed by atoms with van der Waals surface area (Å²) in [4.78, 5) is 0.204. The molecule has 4 aliphatic heterocycles. The summed E-state index contributed by atoms with van der Waals surface area (Å²) in [6, 6.07) is 12.8. The van der Waals surface area contributed by atoms with E-state index in [1.54, 1.807) is 24.3 Å². The van der Waals surface area contributed by atoms with Gasteiger partial charge in [0.2, 0.25) is 0 Å². The van der Waals surface area contributed by atoms with Crippen LogP contribution >= 0.6 is 0 Å². The molecule has 0 aromatic heterocycles. The lowest BCUT2D eigenvalue weighted by atomic mass is 10.1. The van der Waals surface area contributed by atoms with Crippen LogP contribution in [0, 0.1) is 13.8 Å². The number of aryl methyl sites for hydroxylation is 2. The summed E-state index contributed by atoms with van der Waals surface area (Å²) in [5.74, 6) is 0. The van der Waals surface area contributed by atoms with Crippen molar-refractivity contribution in [1.29, 1.82) is 0 Å². The Hall–Kier alpha value is -1.98. The van der Waals surface area contributed by atoms with Gasteiger partial charge in [0.1, 0.15) is 48.8 Å². The molecule has 6 rings (SSSR count). The second-order valence-electron chi connectivity index (χ2n) is 10.1. The van der Waals surface area contributed by atoms with Gasteiger partial charge in [0.25, 0.3) is 20.2 Å². The molecular formula is C26H32O12S2. The van der Waals surface area contributed by atoms with Crippen LogP contribution in [0.25, 0.3) is 0 Å². The molecule has 0 aliphatic carbocycles. The zero-order valence-electron chi connectivity index (χ0n) is 21.9. The summed E-state index contributed by atoms with van der Waals surface area (Å²) in [5.41, 5.74) is 1.94. The Morgan fingerprint density at radius 2 is 0.900 bits per heavy atom. The van der Waals surface area contributed by atoms with E-state index in [0.717, 1.165) is 11.1 Å². The van der Waals surface area contributed by atoms with Crippen LogP contribution in [0.2, 0.25) is 0 Å². The first-order valence-electron chi connectivity index (χ1n) is 12.8. The van der Waals surface area contributed by atoms with E-state index < -0.39 is 69.1 Å². The fourth-order valence-electron chi connectivity index (χ4n) is 4.90. The highest BCUT2D eigenvalue weighted by atomic mass is 32.2. The van der Waals surface area contributed by atoms with Gasteiger partial charge >= 0.3 is 0 Å². The molecule has 0 unspecified atom stereocenters. The highest BCUT2D eigenvalue weighted by Crippen LogP contribution is 2.32. The zero-order chi connectivity index (χ0) is 28.7. The topological polar surface area (TPSA) is 164 Å². The van der Waals surface area contributed by atoms with Crippen molar-refractivity contribution in [2.24, 2.45) is 0 Å². The molecule has 40 heavy (non-hydrogen) atoms. The Morgan fingerprint density at radius 1 is 0.575 bits per heavy atom. The van der Waals surface area contributed by atoms with Crippen LogP contribution in [0.15, 0.2) is 58.3 Å². The van der Waals surface area contributed by atoms with Crippen LogP contribution in [0.4, 0.5) is 0 Å². The van der Waals surface area contributed by atoms with Gasteiger partial charge in [-0.1, -0.05) is 35.4 Å². The van der Waals surface area contributed by atoms with Gasteiger partial charge in [-0.25, -0.2) is 0 Å². The largest absolute Gasteiger partial charge is 0.388 e. The third-order valence-corrected chi connectivity index (χ3v) is 9.78. The maximum atomic E-state index is 12.2. The number of fused-ring (bicyclic) bond motifs is 2. The summed E-state index contributed by atoms with van der Waals surface area (Å²) in [6.07, 6.45) is -4.98. The maximum Gasteiger partial charge on any atom is 0.297 e. The minimum absolute atomic E-state index is 0.0947. The van der Waals surface area contributed by atoms with Gasteiger partial charge in [-0.3, -0.25) is 8.37 Å². The third-order valence-electron chi connectivity index (χ3n) is 7.08. The summed E-state index contributed by atoms with van der Waals surface area (Å²) in [7, 11) is -7.72. The molecule has 14 heteroatoms. The molecule has 0 spiro atoms. The molecule has 0 amide bonds. The monoisotopic (exact) mass is 600 g/mol. The average Bonchev–Trinajstić information content (AvgIpc) is 3.67. The molecule has 2 aromatic rings. The van der Waals surface area contributed by atoms with E-state index in [9.17, 15) is 27.0 Å². The first-order valence-corrected chi connectivity index (χ1v) is 15.6. The molecule has 4 saturated heterocycles. The lowest BCUT2D eigenvalue weighted by Gasteiger charge is -2.16. The SMILES string of the molecule is Cc1ccc(S(=O)(=O)O[C@H]2CO[C@H]3[C@@H]2OC[C@@H]3O)cc1.Cc1ccc(S(=O)(=O)O[C@H]2CO[C@H]3[C@@H]2OC[C@@H]3O)cc1. The van der Waals surface area contributed by atoms with Gasteiger partial charge in [0, 0.05) is 0 Å². The number of hydrogen-bond acceptors (Lipinski definition) is 12. The van der Waals surface area contributed by atoms with E-state index in [0.29, 0.717) is 0 Å². The molecule has 8 atom stereocenters. The normalized spacial score (nSPS) is 33.3. The fraction of sp³-hybridized carbons (Fsp3) is 0.538. The van der Waals surface area contributed by atoms with E-state index in [1.807, 2.05) is 13.8 Å². The van der Waals surface area contributed by atoms with Crippen molar-refractivity contribution in [3.8, 4) is 0 Å². The minimum Gasteiger partial charge on any atom is -0.388 e. The van der Waals surface area contributed by atoms with Crippen molar-refractivity contribution in [2.45, 2.75) is 72.5 Å². The van der Waals surface area contributed by atoms with Gasteiger partial charge < -0.3 is 29.2 Å². The predicted molar refractivity (Wildman–Crippen MR) is 137 cm³/mol. The Morgan fingerprint density at radius 3 is 1.25 bits per heavy atom. The number of benzene rings is 2. The number of hydrogen-bond donors (Lipinski definition) is 2. The second-order valence-corrected chi connectivity index (χ2v) is 13.3. The zero-order valence-corrected chi connectivity index (χ0v) is 23.5. The Labute approximate surface area is 233 Å². The molecule has 4 fully saturated rings. The molecule has 2 N–H and O–H groups in total. The third kappa shape index (κ3) is 6.26. The number of aliphatic hydroxyl groups is 2. The van der Waals surface area contributed by atoms with Crippen molar-refractivity contribution >= 4 is 20.2 Å². The lowest BCUT2D eigenvalue weighted by Crippen LogP contribution is -2.34. The van der Waals surface area contributed by atoms with Gasteiger partial charge in [-0.15, -0.1) is 0 Å². The molecule has 4 heterocycles. The Bertz CT molecular complexity index is 1270. The summed E-state index contributed by atoms with van der Waals surface area (Å²) in [6.45, 7) is 4.22. The number of aliphatic hydroxyl groups excluding tert-OH is 2. The van der Waals surface area contributed by atoms with Gasteiger partial charge in [0.05, 0.1) is 36.2 Å². The van der Waals surface area contributed by atoms with E-state index in [-0.39, 0.29) is 36.2 Å². The molecule has 0 radical (unpaired) electrons. The quantitative estimate of drug-likeness (QED) is 0.441. The van der Waals surface area contributed by atoms with Crippen LogP contribution in [0.3, 0.4) is 0 Å². The van der Waals surface area contributed by atoms with Gasteiger partial charge in [-0.05, 0) is 38.1 Å². The van der Waals surface area contributed by atoms with Crippen molar-refractivity contribution < 1.29 is 54.4 Å². The van der Waals surface area contributed by atoms with Crippen molar-refractivity contribution in [3.63, 3.8) is 0 Å². The predicted octanol–water partition coefficient (Wildman–Crippen LogP) is 0.455. The molecule has 12 nitrogen and oxygen atoms in total. The number of rotatable bonds is 6. The van der Waals surface area contributed by atoms with Crippen LogP contribution < -0.4 is 0 Å². The first-order chi connectivity index (χ1) is 18.9. The highest BCUT2D eigenvalue weighted by molar-refractivity contribution is 7.87. The van der Waals surface area contributed by atoms with Crippen LogP contribution in [-0.2, 0) is 47.5 Å². The van der Waals surface area contributed by atoms with Crippen LogP contribution in [0.5, 0.6) is 0 Å². The molecule has 2 aromatic carbocycles. The Kier molecular flexibility index (Phi) is 8.65. The number of ether oxygens (including phenoxy) is 4. The van der Waals surface area contributed by atoms with Gasteiger partial charge in [0.15, 0.2) is 0 Å². The average molecular weight is 601 g/mol. The molecule has 4 aliphatic rings. The second kappa shape index (κ2) is 11.7. The highest BCUT2D eigenvalue weighted by Gasteiger charge is 2.50. The van der Waals surface area contributed by atoms with Crippen molar-refractivity contribution in [2.75, 3.05) is 26.4 Å². The smallest absolute Gasteiger partial charge is 0.297 e. The van der Waals surface area contributed by atoms with E-state index in [2.05, 4.69) is 0 Å². The van der Waals surface area contributed by atoms with E-state index in [4.69, 9.17) is 27.3 Å². The molecular weight excluding hydrogens is 568 g/mol. The lowest BCUT2D eigenvalue weighted by molar-refractivity contribution is 0.00974. The standard InChI is InChI=1S/2C13H16O6S/c2*1-8-2-4-9(5-3-8)20(15,16)19-11-7-18-12-10(14)6-17-13(11)12/h2*2-5,10-14H,6-7H2,1H3/t2*10-,11-,12+,13+/m00/s1. The Balaban J connectivity index is 0.000000161.